The molecule has 0 fully saturated rings. The quantitative estimate of drug-likeness (QED) is 0.105. The number of phenolic OH excluding ortho intramolecular Hbond substituents is 4. The lowest BCUT2D eigenvalue weighted by Crippen LogP contribution is -2.44. The van der Waals surface area contributed by atoms with Gasteiger partial charge in [0.1, 0.15) is 36.1 Å². The standard InChI is InChI=1S/2C14H17NO.C13H19NO.C13H15NO.CH4/c1-9(2)15-8-13-7-14(16)10(3)5-12(13)6-11(15)4;1-9(2)15-6-5-12-7-10(3)14(16)11(4)13(12)8-15;1-9(2)14(4)7-11-5-10(3)13(15)6-12(11)8-14;1-9(2)14-5-4-11-6-10(3)13(15)7-12(11)8-14;/h2*5-9H,1-4H3;5-6,9H,7-8H2,1-4H3;4-9H,1-3H3;1H4/p+4. The Balaban J connectivity index is 0.000000183. The Morgan fingerprint density at radius 2 is 0.952 bits per heavy atom. The number of phenols is 4. The van der Waals surface area contributed by atoms with E-state index >= 15 is 0 Å². The van der Waals surface area contributed by atoms with Crippen LogP contribution in [0.15, 0.2) is 91.6 Å². The molecule has 63 heavy (non-hydrogen) atoms. The molecule has 0 saturated carbocycles. The van der Waals surface area contributed by atoms with E-state index in [1.807, 2.05) is 71.0 Å². The van der Waals surface area contributed by atoms with E-state index in [2.05, 4.69) is 138 Å². The number of pyridine rings is 3. The summed E-state index contributed by atoms with van der Waals surface area (Å²) in [7, 11) is 2.29. The highest BCUT2D eigenvalue weighted by atomic mass is 16.3. The van der Waals surface area contributed by atoms with Gasteiger partial charge >= 0.3 is 0 Å². The van der Waals surface area contributed by atoms with Crippen LogP contribution in [0.25, 0.3) is 32.3 Å². The van der Waals surface area contributed by atoms with E-state index < -0.39 is 0 Å². The molecule has 4 N–H and O–H groups in total. The van der Waals surface area contributed by atoms with Crippen molar-refractivity contribution in [3.8, 4) is 23.0 Å². The smallest absolute Gasteiger partial charge is 0.179 e. The maximum Gasteiger partial charge on any atom is 0.179 e. The number of quaternary nitrogens is 1. The fourth-order valence-electron chi connectivity index (χ4n) is 8.06. The predicted octanol–water partition coefficient (Wildman–Crippen LogP) is 12.0. The second-order valence-electron chi connectivity index (χ2n) is 18.9. The van der Waals surface area contributed by atoms with Gasteiger partial charge in [0, 0.05) is 52.6 Å². The van der Waals surface area contributed by atoms with Gasteiger partial charge in [-0.1, -0.05) is 7.43 Å². The van der Waals surface area contributed by atoms with Crippen molar-refractivity contribution in [2.75, 3.05) is 7.05 Å². The molecule has 0 spiro atoms. The Labute approximate surface area is 377 Å². The number of aromatic nitrogens is 3. The van der Waals surface area contributed by atoms with Crippen molar-refractivity contribution in [1.82, 2.24) is 0 Å². The van der Waals surface area contributed by atoms with Gasteiger partial charge in [0.25, 0.3) is 0 Å². The molecular formula is C55H76N4O4+4. The first-order chi connectivity index (χ1) is 29.0. The van der Waals surface area contributed by atoms with Gasteiger partial charge in [0.2, 0.25) is 0 Å². The summed E-state index contributed by atoms with van der Waals surface area (Å²) in [5, 5.41) is 45.8. The van der Waals surface area contributed by atoms with Gasteiger partial charge in [-0.3, -0.25) is 0 Å². The SMILES string of the molecule is C.Cc1cc2c(cc1O)C[N+](C)(C(C)C)C2.Cc1cc2cc(C)[n+](C(C)C)cc2cc1O.Cc1cc2cc[n+](C(C)C)cc2c(C)c1O.Cc1cc2cc[n+](C(C)C)cc2cc1O. The molecule has 0 amide bonds. The van der Waals surface area contributed by atoms with E-state index in [1.54, 1.807) is 0 Å². The van der Waals surface area contributed by atoms with Crippen molar-refractivity contribution in [3.63, 3.8) is 0 Å². The minimum atomic E-state index is 0. The first-order valence-electron chi connectivity index (χ1n) is 22.1. The van der Waals surface area contributed by atoms with Crippen LogP contribution >= 0.6 is 0 Å². The molecular weight excluding hydrogens is 781 g/mol. The summed E-state index contributed by atoms with van der Waals surface area (Å²) in [6.07, 6.45) is 10.4. The van der Waals surface area contributed by atoms with Gasteiger partial charge < -0.3 is 24.9 Å². The third kappa shape index (κ3) is 11.5. The van der Waals surface area contributed by atoms with E-state index in [4.69, 9.17) is 0 Å². The monoisotopic (exact) mass is 857 g/mol. The molecule has 4 aromatic carbocycles. The van der Waals surface area contributed by atoms with Crippen molar-refractivity contribution in [3.05, 3.63) is 136 Å². The Bertz CT molecular complexity index is 2700. The summed E-state index contributed by atoms with van der Waals surface area (Å²) in [6, 6.07) is 22.1. The van der Waals surface area contributed by atoms with Crippen molar-refractivity contribution in [2.24, 2.45) is 0 Å². The van der Waals surface area contributed by atoms with Crippen LogP contribution in [0, 0.1) is 41.5 Å². The Morgan fingerprint density at radius 1 is 0.492 bits per heavy atom. The Kier molecular flexibility index (Phi) is 16.0. The largest absolute Gasteiger partial charge is 0.508 e. The van der Waals surface area contributed by atoms with E-state index in [1.165, 1.54) is 33.0 Å². The molecule has 7 aromatic rings. The normalized spacial score (nSPS) is 14.3. The average molecular weight is 857 g/mol. The molecule has 8 heteroatoms. The number of hydrogen-bond donors (Lipinski definition) is 4. The third-order valence-corrected chi connectivity index (χ3v) is 12.7. The zero-order valence-corrected chi connectivity index (χ0v) is 40.0. The Hall–Kier alpha value is -5.73. The maximum absolute atomic E-state index is 9.92. The first-order valence-corrected chi connectivity index (χ1v) is 22.1. The fraction of sp³-hybridized carbons (Fsp3) is 0.400. The topological polar surface area (TPSA) is 92.6 Å². The summed E-state index contributed by atoms with van der Waals surface area (Å²) < 4.78 is 7.57. The molecule has 1 atom stereocenters. The minimum Gasteiger partial charge on any atom is -0.508 e. The number of rotatable bonds is 4. The number of benzene rings is 4. The molecule has 1 aliphatic heterocycles. The predicted molar refractivity (Wildman–Crippen MR) is 261 cm³/mol. The van der Waals surface area contributed by atoms with Crippen LogP contribution in [0.5, 0.6) is 23.0 Å². The zero-order valence-electron chi connectivity index (χ0n) is 40.0. The summed E-state index contributed by atoms with van der Waals surface area (Å²) in [5.41, 5.74) is 8.70. The summed E-state index contributed by atoms with van der Waals surface area (Å²) in [6.45, 7) is 31.4. The minimum absolute atomic E-state index is 0. The van der Waals surface area contributed by atoms with E-state index in [-0.39, 0.29) is 7.43 Å². The van der Waals surface area contributed by atoms with Gasteiger partial charge in [-0.2, -0.15) is 0 Å². The van der Waals surface area contributed by atoms with Gasteiger partial charge in [0.05, 0.1) is 18.5 Å². The summed E-state index contributed by atoms with van der Waals surface area (Å²) in [4.78, 5) is 0. The molecule has 336 valence electrons. The maximum atomic E-state index is 9.92. The van der Waals surface area contributed by atoms with E-state index in [0.29, 0.717) is 47.2 Å². The van der Waals surface area contributed by atoms with Crippen LogP contribution in [-0.2, 0) is 13.1 Å². The van der Waals surface area contributed by atoms with Crippen molar-refractivity contribution in [2.45, 2.75) is 142 Å². The Morgan fingerprint density at radius 3 is 1.49 bits per heavy atom. The second kappa shape index (κ2) is 20.2. The third-order valence-electron chi connectivity index (χ3n) is 12.7. The number of aryl methyl sites for hydroxylation is 6. The van der Waals surface area contributed by atoms with Crippen LogP contribution in [-0.4, -0.2) is 38.0 Å². The van der Waals surface area contributed by atoms with Crippen molar-refractivity contribution in [1.29, 1.82) is 0 Å². The number of aromatic hydroxyl groups is 4. The molecule has 8 nitrogen and oxygen atoms in total. The molecule has 3 aromatic heterocycles. The number of hydrogen-bond acceptors (Lipinski definition) is 4. The molecule has 0 saturated heterocycles. The van der Waals surface area contributed by atoms with Crippen LogP contribution in [0.2, 0.25) is 0 Å². The van der Waals surface area contributed by atoms with Crippen LogP contribution < -0.4 is 13.7 Å². The fourth-order valence-corrected chi connectivity index (χ4v) is 8.06. The van der Waals surface area contributed by atoms with Crippen molar-refractivity contribution < 1.29 is 38.6 Å². The highest BCUT2D eigenvalue weighted by molar-refractivity contribution is 5.87. The van der Waals surface area contributed by atoms with Gasteiger partial charge in [-0.05, 0) is 171 Å². The molecule has 0 aliphatic carbocycles. The van der Waals surface area contributed by atoms with Crippen LogP contribution in [0.3, 0.4) is 0 Å². The lowest BCUT2D eigenvalue weighted by atomic mass is 10.0. The molecule has 8 rings (SSSR count). The van der Waals surface area contributed by atoms with E-state index in [0.717, 1.165) is 61.5 Å². The molecule has 1 aliphatic rings. The molecule has 0 bridgehead atoms. The molecule has 0 radical (unpaired) electrons. The van der Waals surface area contributed by atoms with Crippen molar-refractivity contribution >= 4 is 32.3 Å². The summed E-state index contributed by atoms with van der Waals surface area (Å²) >= 11 is 0. The molecule has 4 heterocycles. The highest BCUT2D eigenvalue weighted by Gasteiger charge is 2.35. The number of fused-ring (bicyclic) bond motifs is 4. The lowest BCUT2D eigenvalue weighted by molar-refractivity contribution is -0.948. The van der Waals surface area contributed by atoms with Gasteiger partial charge in [-0.25, -0.2) is 13.7 Å². The highest BCUT2D eigenvalue weighted by Crippen LogP contribution is 2.35. The zero-order chi connectivity index (χ0) is 46.0. The first kappa shape index (κ1) is 49.9. The average Bonchev–Trinajstić information content (AvgIpc) is 3.54. The van der Waals surface area contributed by atoms with Gasteiger partial charge in [-0.15, -0.1) is 0 Å². The van der Waals surface area contributed by atoms with Gasteiger partial charge in [0.15, 0.2) is 54.8 Å². The van der Waals surface area contributed by atoms with E-state index in [9.17, 15) is 20.4 Å². The number of nitrogens with zero attached hydrogens (tertiary/aromatic N) is 4. The second-order valence-corrected chi connectivity index (χ2v) is 18.9. The summed E-state index contributed by atoms with van der Waals surface area (Å²) in [5.74, 6) is 1.58. The lowest BCUT2D eigenvalue weighted by Gasteiger charge is -2.33. The van der Waals surface area contributed by atoms with Crippen LogP contribution in [0.4, 0.5) is 0 Å². The molecule has 1 unspecified atom stereocenters. The van der Waals surface area contributed by atoms with Crippen LogP contribution in [0.1, 0.15) is 126 Å².